The Morgan fingerprint density at radius 3 is 2.39 bits per heavy atom. The van der Waals surface area contributed by atoms with Gasteiger partial charge in [-0.2, -0.15) is 0 Å². The summed E-state index contributed by atoms with van der Waals surface area (Å²) in [5.41, 5.74) is 0.155. The molecule has 4 aliphatic carbocycles. The van der Waals surface area contributed by atoms with Gasteiger partial charge in [-0.25, -0.2) is 14.4 Å². The fourth-order valence-corrected chi connectivity index (χ4v) is 6.39. The highest BCUT2D eigenvalue weighted by Gasteiger charge is 2.58. The highest BCUT2D eigenvalue weighted by molar-refractivity contribution is 5.95. The van der Waals surface area contributed by atoms with Gasteiger partial charge in [0.25, 0.3) is 11.8 Å². The molecular formula is C24H25FN4O2. The van der Waals surface area contributed by atoms with E-state index >= 15 is 0 Å². The van der Waals surface area contributed by atoms with E-state index in [-0.39, 0.29) is 28.7 Å². The predicted molar refractivity (Wildman–Crippen MR) is 114 cm³/mol. The standard InChI is InChI=1S/C24H25FN4O2/c1-2-19-6-7-26-20(27-19)22(31)29-24-12-15-8-16(13-24)11-23(10-15,14-24)28-21(30)17-4-3-5-18(25)9-17/h2-7,9,15-16H,1,8,10-14H2,(H,28,30)(H,29,31). The van der Waals surface area contributed by atoms with Crippen molar-refractivity contribution in [2.75, 3.05) is 0 Å². The van der Waals surface area contributed by atoms with Crippen LogP contribution in [0.4, 0.5) is 4.39 Å². The van der Waals surface area contributed by atoms with Crippen LogP contribution in [-0.4, -0.2) is 32.9 Å². The van der Waals surface area contributed by atoms with Gasteiger partial charge in [0.2, 0.25) is 5.82 Å². The summed E-state index contributed by atoms with van der Waals surface area (Å²) in [5, 5.41) is 6.45. The number of carbonyl (C=O) groups is 2. The van der Waals surface area contributed by atoms with Crippen molar-refractivity contribution < 1.29 is 14.0 Å². The lowest BCUT2D eigenvalue weighted by atomic mass is 9.49. The first-order valence-electron chi connectivity index (χ1n) is 10.7. The van der Waals surface area contributed by atoms with E-state index in [2.05, 4.69) is 27.2 Å². The van der Waals surface area contributed by atoms with E-state index in [1.54, 1.807) is 30.5 Å². The average Bonchev–Trinajstić information content (AvgIpc) is 2.72. The van der Waals surface area contributed by atoms with Crippen molar-refractivity contribution in [1.29, 1.82) is 0 Å². The number of aromatic nitrogens is 2. The predicted octanol–water partition coefficient (Wildman–Crippen LogP) is 3.51. The number of benzene rings is 1. The van der Waals surface area contributed by atoms with Crippen LogP contribution in [0.25, 0.3) is 6.08 Å². The normalized spacial score (nSPS) is 30.6. The maximum absolute atomic E-state index is 13.6. The summed E-state index contributed by atoms with van der Waals surface area (Å²) >= 11 is 0. The molecule has 0 saturated heterocycles. The minimum Gasteiger partial charge on any atom is -0.346 e. The summed E-state index contributed by atoms with van der Waals surface area (Å²) in [6.45, 7) is 3.69. The van der Waals surface area contributed by atoms with E-state index in [1.165, 1.54) is 12.1 Å². The second-order valence-corrected chi connectivity index (χ2v) is 9.45. The molecule has 6 rings (SSSR count). The SMILES string of the molecule is C=Cc1ccnc(C(=O)NC23CC4CC(CC(NC(=O)c5cccc(F)c5)(C4)C2)C3)n1. The molecule has 0 aliphatic heterocycles. The average molecular weight is 420 g/mol. The summed E-state index contributed by atoms with van der Waals surface area (Å²) in [6.07, 6.45) is 8.51. The van der Waals surface area contributed by atoms with Gasteiger partial charge >= 0.3 is 0 Å². The molecule has 2 N–H and O–H groups in total. The molecule has 4 bridgehead atoms. The van der Waals surface area contributed by atoms with Crippen molar-refractivity contribution in [3.63, 3.8) is 0 Å². The molecule has 1 aromatic carbocycles. The van der Waals surface area contributed by atoms with E-state index < -0.39 is 5.82 Å². The van der Waals surface area contributed by atoms with Gasteiger partial charge in [0.1, 0.15) is 5.82 Å². The Hall–Kier alpha value is -3.09. The van der Waals surface area contributed by atoms with E-state index in [9.17, 15) is 14.0 Å². The first-order valence-corrected chi connectivity index (χ1v) is 10.7. The maximum atomic E-state index is 13.6. The summed E-state index contributed by atoms with van der Waals surface area (Å²) < 4.78 is 13.6. The van der Waals surface area contributed by atoms with Crippen molar-refractivity contribution in [3.8, 4) is 0 Å². The van der Waals surface area contributed by atoms with Crippen molar-refractivity contribution in [2.45, 2.75) is 49.6 Å². The third-order valence-electron chi connectivity index (χ3n) is 6.99. The Morgan fingerprint density at radius 1 is 1.06 bits per heavy atom. The molecule has 4 aliphatic rings. The first kappa shape index (κ1) is 19.8. The van der Waals surface area contributed by atoms with Crippen LogP contribution in [0.1, 0.15) is 65.2 Å². The topological polar surface area (TPSA) is 84.0 Å². The molecule has 4 saturated carbocycles. The molecule has 2 unspecified atom stereocenters. The van der Waals surface area contributed by atoms with Gasteiger partial charge in [-0.15, -0.1) is 0 Å². The molecule has 4 fully saturated rings. The van der Waals surface area contributed by atoms with Crippen molar-refractivity contribution in [1.82, 2.24) is 20.6 Å². The second kappa shape index (κ2) is 7.25. The highest BCUT2D eigenvalue weighted by atomic mass is 19.1. The van der Waals surface area contributed by atoms with Crippen LogP contribution in [0, 0.1) is 17.7 Å². The Balaban J connectivity index is 1.38. The van der Waals surface area contributed by atoms with Gasteiger partial charge in [-0.05, 0) is 80.7 Å². The third-order valence-corrected chi connectivity index (χ3v) is 6.99. The van der Waals surface area contributed by atoms with Crippen LogP contribution in [0.5, 0.6) is 0 Å². The number of halogens is 1. The number of carbonyl (C=O) groups excluding carboxylic acids is 2. The highest BCUT2D eigenvalue weighted by Crippen LogP contribution is 2.57. The van der Waals surface area contributed by atoms with Gasteiger partial charge in [-0.1, -0.05) is 12.6 Å². The fraction of sp³-hybridized carbons (Fsp3) is 0.417. The molecule has 0 radical (unpaired) electrons. The van der Waals surface area contributed by atoms with Crippen molar-refractivity contribution in [3.05, 3.63) is 66.0 Å². The Morgan fingerprint density at radius 2 is 1.74 bits per heavy atom. The largest absolute Gasteiger partial charge is 0.346 e. The molecule has 2 amide bonds. The van der Waals surface area contributed by atoms with Crippen molar-refractivity contribution in [2.24, 2.45) is 11.8 Å². The number of nitrogens with one attached hydrogen (secondary N) is 2. The molecular weight excluding hydrogens is 395 g/mol. The lowest BCUT2D eigenvalue weighted by Crippen LogP contribution is -2.70. The molecule has 2 aromatic rings. The quantitative estimate of drug-likeness (QED) is 0.775. The molecule has 2 atom stereocenters. The Bertz CT molecular complexity index is 1060. The van der Waals surface area contributed by atoms with Crippen LogP contribution in [0.15, 0.2) is 43.1 Å². The number of hydrogen-bond donors (Lipinski definition) is 2. The summed E-state index contributed by atoms with van der Waals surface area (Å²) in [6, 6.07) is 7.46. The van der Waals surface area contributed by atoms with E-state index in [1.807, 2.05) is 0 Å². The molecule has 7 heteroatoms. The van der Waals surface area contributed by atoms with Crippen LogP contribution in [0.3, 0.4) is 0 Å². The van der Waals surface area contributed by atoms with Gasteiger partial charge < -0.3 is 10.6 Å². The summed E-state index contributed by atoms with van der Waals surface area (Å²) in [7, 11) is 0. The number of hydrogen-bond acceptors (Lipinski definition) is 4. The second-order valence-electron chi connectivity index (χ2n) is 9.45. The molecule has 1 heterocycles. The van der Waals surface area contributed by atoms with Gasteiger partial charge in [0.15, 0.2) is 0 Å². The Kier molecular flexibility index (Phi) is 4.64. The first-order chi connectivity index (χ1) is 14.9. The molecule has 31 heavy (non-hydrogen) atoms. The van der Waals surface area contributed by atoms with Gasteiger partial charge in [-0.3, -0.25) is 9.59 Å². The third kappa shape index (κ3) is 3.73. The van der Waals surface area contributed by atoms with E-state index in [0.29, 0.717) is 29.5 Å². The number of amides is 2. The van der Waals surface area contributed by atoms with Crippen LogP contribution >= 0.6 is 0 Å². The van der Waals surface area contributed by atoms with Crippen LogP contribution in [0.2, 0.25) is 0 Å². The summed E-state index contributed by atoms with van der Waals surface area (Å²) in [4.78, 5) is 34.3. The Labute approximate surface area is 180 Å². The van der Waals surface area contributed by atoms with Crippen LogP contribution in [-0.2, 0) is 0 Å². The smallest absolute Gasteiger partial charge is 0.289 e. The van der Waals surface area contributed by atoms with Crippen LogP contribution < -0.4 is 10.6 Å². The lowest BCUT2D eigenvalue weighted by Gasteiger charge is -2.62. The minimum absolute atomic E-state index is 0.131. The maximum Gasteiger partial charge on any atom is 0.289 e. The number of rotatable bonds is 5. The lowest BCUT2D eigenvalue weighted by molar-refractivity contribution is -0.0449. The zero-order valence-electron chi connectivity index (χ0n) is 17.2. The van der Waals surface area contributed by atoms with Gasteiger partial charge in [0, 0.05) is 22.8 Å². The summed E-state index contributed by atoms with van der Waals surface area (Å²) in [5.74, 6) is 0.0291. The van der Waals surface area contributed by atoms with E-state index in [4.69, 9.17) is 0 Å². The monoisotopic (exact) mass is 420 g/mol. The molecule has 0 spiro atoms. The zero-order chi connectivity index (χ0) is 21.6. The molecule has 1 aromatic heterocycles. The molecule has 160 valence electrons. The fourth-order valence-electron chi connectivity index (χ4n) is 6.39. The van der Waals surface area contributed by atoms with Crippen molar-refractivity contribution >= 4 is 17.9 Å². The number of nitrogens with zero attached hydrogens (tertiary/aromatic N) is 2. The minimum atomic E-state index is -0.427. The zero-order valence-corrected chi connectivity index (χ0v) is 17.2. The van der Waals surface area contributed by atoms with E-state index in [0.717, 1.165) is 32.1 Å². The van der Waals surface area contributed by atoms with Gasteiger partial charge in [0.05, 0.1) is 5.69 Å². The molecule has 6 nitrogen and oxygen atoms in total.